The standard InChI is InChI=1S/C15H14Cl2FNO/c1-3-19(2)14-8-10(18)4-7-15(14)20-11-5-6-12(16)13(17)9-11/h4-9H,3H2,1-2H3. The van der Waals surface area contributed by atoms with Gasteiger partial charge in [-0.2, -0.15) is 0 Å². The van der Waals surface area contributed by atoms with Crippen molar-refractivity contribution in [3.63, 3.8) is 0 Å². The Labute approximate surface area is 127 Å². The van der Waals surface area contributed by atoms with Gasteiger partial charge in [0, 0.05) is 25.7 Å². The summed E-state index contributed by atoms with van der Waals surface area (Å²) >= 11 is 11.8. The van der Waals surface area contributed by atoms with E-state index in [1.54, 1.807) is 24.3 Å². The van der Waals surface area contributed by atoms with Crippen molar-refractivity contribution >= 4 is 28.9 Å². The van der Waals surface area contributed by atoms with Crippen molar-refractivity contribution in [1.82, 2.24) is 0 Å². The van der Waals surface area contributed by atoms with E-state index in [4.69, 9.17) is 27.9 Å². The Morgan fingerprint density at radius 3 is 2.50 bits per heavy atom. The van der Waals surface area contributed by atoms with Gasteiger partial charge >= 0.3 is 0 Å². The lowest BCUT2D eigenvalue weighted by atomic mass is 10.2. The average Bonchev–Trinajstić information content (AvgIpc) is 2.44. The Balaban J connectivity index is 2.35. The highest BCUT2D eigenvalue weighted by molar-refractivity contribution is 6.42. The molecule has 0 aliphatic heterocycles. The molecule has 0 saturated heterocycles. The Kier molecular flexibility index (Phi) is 4.73. The van der Waals surface area contributed by atoms with Crippen LogP contribution in [0.25, 0.3) is 0 Å². The lowest BCUT2D eigenvalue weighted by Crippen LogP contribution is -2.16. The maximum atomic E-state index is 13.4. The molecule has 2 rings (SSSR count). The fourth-order valence-electron chi connectivity index (χ4n) is 1.71. The van der Waals surface area contributed by atoms with Crippen molar-refractivity contribution in [2.45, 2.75) is 6.92 Å². The first-order chi connectivity index (χ1) is 9.51. The maximum absolute atomic E-state index is 13.4. The largest absolute Gasteiger partial charge is 0.455 e. The van der Waals surface area contributed by atoms with Gasteiger partial charge in [-0.05, 0) is 31.2 Å². The monoisotopic (exact) mass is 313 g/mol. The van der Waals surface area contributed by atoms with Crippen LogP contribution >= 0.6 is 23.2 Å². The predicted octanol–water partition coefficient (Wildman–Crippen LogP) is 5.38. The minimum Gasteiger partial charge on any atom is -0.455 e. The summed E-state index contributed by atoms with van der Waals surface area (Å²) in [7, 11) is 1.87. The van der Waals surface area contributed by atoms with Crippen LogP contribution in [-0.2, 0) is 0 Å². The molecule has 106 valence electrons. The summed E-state index contributed by atoms with van der Waals surface area (Å²) in [5.74, 6) is 0.813. The van der Waals surface area contributed by atoms with E-state index in [0.29, 0.717) is 27.2 Å². The van der Waals surface area contributed by atoms with Gasteiger partial charge in [0.05, 0.1) is 15.7 Å². The van der Waals surface area contributed by atoms with E-state index >= 15 is 0 Å². The third-order valence-corrected chi connectivity index (χ3v) is 3.66. The molecule has 0 heterocycles. The van der Waals surface area contributed by atoms with Crippen molar-refractivity contribution in [3.8, 4) is 11.5 Å². The molecule has 0 spiro atoms. The summed E-state index contributed by atoms with van der Waals surface area (Å²) in [5.41, 5.74) is 0.679. The highest BCUT2D eigenvalue weighted by atomic mass is 35.5. The SMILES string of the molecule is CCN(C)c1cc(F)ccc1Oc1ccc(Cl)c(Cl)c1. The first-order valence-electron chi connectivity index (χ1n) is 6.15. The Morgan fingerprint density at radius 2 is 1.85 bits per heavy atom. The molecule has 0 bridgehead atoms. The number of ether oxygens (including phenoxy) is 1. The van der Waals surface area contributed by atoms with Gasteiger partial charge in [-0.25, -0.2) is 4.39 Å². The quantitative estimate of drug-likeness (QED) is 0.751. The number of hydrogen-bond acceptors (Lipinski definition) is 2. The van der Waals surface area contributed by atoms with Gasteiger partial charge in [0.1, 0.15) is 11.6 Å². The van der Waals surface area contributed by atoms with Crippen LogP contribution in [-0.4, -0.2) is 13.6 Å². The van der Waals surface area contributed by atoms with Gasteiger partial charge in [-0.15, -0.1) is 0 Å². The van der Waals surface area contributed by atoms with Crippen LogP contribution in [0.3, 0.4) is 0 Å². The van der Waals surface area contributed by atoms with E-state index < -0.39 is 0 Å². The fourth-order valence-corrected chi connectivity index (χ4v) is 2.00. The topological polar surface area (TPSA) is 12.5 Å². The zero-order valence-electron chi connectivity index (χ0n) is 11.2. The van der Waals surface area contributed by atoms with Crippen molar-refractivity contribution in [1.29, 1.82) is 0 Å². The van der Waals surface area contributed by atoms with E-state index in [-0.39, 0.29) is 5.82 Å². The highest BCUT2D eigenvalue weighted by Gasteiger charge is 2.11. The third-order valence-electron chi connectivity index (χ3n) is 2.93. The van der Waals surface area contributed by atoms with Crippen LogP contribution in [0.15, 0.2) is 36.4 Å². The molecule has 0 saturated carbocycles. The second-order valence-electron chi connectivity index (χ2n) is 4.30. The van der Waals surface area contributed by atoms with Gasteiger partial charge in [-0.3, -0.25) is 0 Å². The molecule has 0 N–H and O–H groups in total. The number of rotatable bonds is 4. The summed E-state index contributed by atoms with van der Waals surface area (Å²) in [6.07, 6.45) is 0. The van der Waals surface area contributed by atoms with Crippen molar-refractivity contribution in [2.24, 2.45) is 0 Å². The van der Waals surface area contributed by atoms with Gasteiger partial charge in [0.2, 0.25) is 0 Å². The normalized spacial score (nSPS) is 10.4. The molecule has 5 heteroatoms. The number of halogens is 3. The number of benzene rings is 2. The zero-order valence-corrected chi connectivity index (χ0v) is 12.7. The molecule has 0 aliphatic carbocycles. The first kappa shape index (κ1) is 14.9. The first-order valence-corrected chi connectivity index (χ1v) is 6.90. The van der Waals surface area contributed by atoms with E-state index in [2.05, 4.69) is 0 Å². The second kappa shape index (κ2) is 6.33. The lowest BCUT2D eigenvalue weighted by Gasteiger charge is -2.20. The molecular weight excluding hydrogens is 300 g/mol. The average molecular weight is 314 g/mol. The summed E-state index contributed by atoms with van der Waals surface area (Å²) < 4.78 is 19.2. The second-order valence-corrected chi connectivity index (χ2v) is 5.12. The van der Waals surface area contributed by atoms with Crippen LogP contribution in [0.5, 0.6) is 11.5 Å². The molecule has 0 aliphatic rings. The number of anilines is 1. The van der Waals surface area contributed by atoms with Crippen molar-refractivity contribution in [2.75, 3.05) is 18.5 Å². The molecular formula is C15H14Cl2FNO. The highest BCUT2D eigenvalue weighted by Crippen LogP contribution is 2.34. The molecule has 2 aromatic carbocycles. The van der Waals surface area contributed by atoms with E-state index in [9.17, 15) is 4.39 Å². The van der Waals surface area contributed by atoms with Crippen molar-refractivity contribution < 1.29 is 9.13 Å². The summed E-state index contributed by atoms with van der Waals surface area (Å²) in [4.78, 5) is 1.90. The molecule has 0 unspecified atom stereocenters. The van der Waals surface area contributed by atoms with Gasteiger partial charge in [-0.1, -0.05) is 23.2 Å². The molecule has 0 atom stereocenters. The Hall–Kier alpha value is -1.45. The van der Waals surface area contributed by atoms with Crippen LogP contribution < -0.4 is 9.64 Å². The molecule has 2 nitrogen and oxygen atoms in total. The maximum Gasteiger partial charge on any atom is 0.150 e. The molecule has 0 amide bonds. The minimum absolute atomic E-state index is 0.304. The van der Waals surface area contributed by atoms with Crippen LogP contribution in [0, 0.1) is 5.82 Å². The van der Waals surface area contributed by atoms with Gasteiger partial charge in [0.15, 0.2) is 5.75 Å². The van der Waals surface area contributed by atoms with E-state index in [0.717, 1.165) is 6.54 Å². The molecule has 0 aromatic heterocycles. The van der Waals surface area contributed by atoms with Crippen LogP contribution in [0.4, 0.5) is 10.1 Å². The fraction of sp³-hybridized carbons (Fsp3) is 0.200. The Morgan fingerprint density at radius 1 is 1.10 bits per heavy atom. The third kappa shape index (κ3) is 3.35. The van der Waals surface area contributed by atoms with E-state index in [1.807, 2.05) is 18.9 Å². The van der Waals surface area contributed by atoms with Crippen LogP contribution in [0.2, 0.25) is 10.0 Å². The van der Waals surface area contributed by atoms with Gasteiger partial charge in [0.25, 0.3) is 0 Å². The molecule has 0 radical (unpaired) electrons. The Bertz CT molecular complexity index is 619. The molecule has 2 aromatic rings. The smallest absolute Gasteiger partial charge is 0.150 e. The van der Waals surface area contributed by atoms with Crippen molar-refractivity contribution in [3.05, 3.63) is 52.3 Å². The zero-order chi connectivity index (χ0) is 14.7. The number of hydrogen-bond donors (Lipinski definition) is 0. The number of nitrogens with zero attached hydrogens (tertiary/aromatic N) is 1. The summed E-state index contributed by atoms with van der Waals surface area (Å²) in [6.45, 7) is 2.72. The lowest BCUT2D eigenvalue weighted by molar-refractivity contribution is 0.480. The van der Waals surface area contributed by atoms with Crippen LogP contribution in [0.1, 0.15) is 6.92 Å². The summed E-state index contributed by atoms with van der Waals surface area (Å²) in [5, 5.41) is 0.876. The van der Waals surface area contributed by atoms with E-state index in [1.165, 1.54) is 12.1 Å². The molecule has 20 heavy (non-hydrogen) atoms. The molecule has 0 fully saturated rings. The minimum atomic E-state index is -0.304. The summed E-state index contributed by atoms with van der Waals surface area (Å²) in [6, 6.07) is 9.40. The predicted molar refractivity (Wildman–Crippen MR) is 81.9 cm³/mol. The van der Waals surface area contributed by atoms with Gasteiger partial charge < -0.3 is 9.64 Å².